The maximum Gasteiger partial charge on any atom is 0.328 e. The molecule has 6 heteroatoms. The van der Waals surface area contributed by atoms with Crippen LogP contribution < -0.4 is 5.32 Å². The largest absolute Gasteiger partial charge is 0.467 e. The maximum absolute atomic E-state index is 11.8. The molecule has 0 radical (unpaired) electrons. The van der Waals surface area contributed by atoms with Crippen molar-refractivity contribution in [2.75, 3.05) is 12.4 Å². The standard InChI is InChI=1S/C14H17ClN2O2S/c1-8(2)6-11(13(18)19-3)17-14-16-10-5-4-9(15)7-12(10)20-14/h4-5,7-8,11H,6H2,1-3H3,(H,16,17). The molecule has 0 spiro atoms. The summed E-state index contributed by atoms with van der Waals surface area (Å²) in [6.45, 7) is 4.13. The SMILES string of the molecule is COC(=O)C(CC(C)C)Nc1nc2ccc(Cl)cc2s1. The zero-order valence-electron chi connectivity index (χ0n) is 11.6. The van der Waals surface area contributed by atoms with E-state index in [2.05, 4.69) is 24.1 Å². The first-order valence-electron chi connectivity index (χ1n) is 6.40. The van der Waals surface area contributed by atoms with E-state index in [1.807, 2.05) is 12.1 Å². The van der Waals surface area contributed by atoms with E-state index in [0.717, 1.165) is 10.2 Å². The number of esters is 1. The smallest absolute Gasteiger partial charge is 0.328 e. The van der Waals surface area contributed by atoms with Gasteiger partial charge in [0.05, 0.1) is 17.3 Å². The lowest BCUT2D eigenvalue weighted by Gasteiger charge is -2.17. The van der Waals surface area contributed by atoms with E-state index in [0.29, 0.717) is 22.5 Å². The van der Waals surface area contributed by atoms with Crippen molar-refractivity contribution in [3.63, 3.8) is 0 Å². The maximum atomic E-state index is 11.8. The molecule has 0 bridgehead atoms. The Bertz CT molecular complexity index is 612. The molecule has 2 aromatic rings. The second kappa shape index (κ2) is 6.41. The predicted molar refractivity (Wildman–Crippen MR) is 83.5 cm³/mol. The number of hydrogen-bond acceptors (Lipinski definition) is 5. The van der Waals surface area contributed by atoms with Crippen molar-refractivity contribution in [3.8, 4) is 0 Å². The average molecular weight is 313 g/mol. The average Bonchev–Trinajstić information content (AvgIpc) is 2.77. The van der Waals surface area contributed by atoms with Gasteiger partial charge >= 0.3 is 5.97 Å². The van der Waals surface area contributed by atoms with E-state index >= 15 is 0 Å². The monoisotopic (exact) mass is 312 g/mol. The zero-order chi connectivity index (χ0) is 14.7. The number of carbonyl (C=O) groups is 1. The van der Waals surface area contributed by atoms with Crippen LogP contribution in [0.25, 0.3) is 10.2 Å². The summed E-state index contributed by atoms with van der Waals surface area (Å²) in [4.78, 5) is 16.3. The molecule has 1 aromatic heterocycles. The minimum absolute atomic E-state index is 0.268. The van der Waals surface area contributed by atoms with Crippen molar-refractivity contribution >= 4 is 44.3 Å². The quantitative estimate of drug-likeness (QED) is 0.849. The number of benzene rings is 1. The number of thiazole rings is 1. The molecule has 0 saturated heterocycles. The number of aromatic nitrogens is 1. The van der Waals surface area contributed by atoms with E-state index in [4.69, 9.17) is 16.3 Å². The van der Waals surface area contributed by atoms with Gasteiger partial charge in [0.15, 0.2) is 5.13 Å². The molecular weight excluding hydrogens is 296 g/mol. The lowest BCUT2D eigenvalue weighted by atomic mass is 10.0. The van der Waals surface area contributed by atoms with Crippen molar-refractivity contribution in [2.45, 2.75) is 26.3 Å². The Labute approximate surface area is 127 Å². The molecule has 20 heavy (non-hydrogen) atoms. The first-order valence-corrected chi connectivity index (χ1v) is 7.59. The van der Waals surface area contributed by atoms with Gasteiger partial charge in [-0.25, -0.2) is 9.78 Å². The van der Waals surface area contributed by atoms with E-state index in [1.165, 1.54) is 18.4 Å². The van der Waals surface area contributed by atoms with Gasteiger partial charge in [-0.1, -0.05) is 36.8 Å². The first-order chi connectivity index (χ1) is 9.49. The lowest BCUT2D eigenvalue weighted by Crippen LogP contribution is -2.32. The van der Waals surface area contributed by atoms with Crippen LogP contribution in [0.5, 0.6) is 0 Å². The molecule has 0 aliphatic carbocycles. The van der Waals surface area contributed by atoms with Crippen molar-refractivity contribution < 1.29 is 9.53 Å². The Kier molecular flexibility index (Phi) is 4.83. The van der Waals surface area contributed by atoms with Crippen molar-refractivity contribution in [1.29, 1.82) is 0 Å². The third-order valence-corrected chi connectivity index (χ3v) is 4.03. The van der Waals surface area contributed by atoms with E-state index in [1.54, 1.807) is 6.07 Å². The van der Waals surface area contributed by atoms with Gasteiger partial charge in [-0.15, -0.1) is 0 Å². The third kappa shape index (κ3) is 3.61. The molecule has 1 N–H and O–H groups in total. The Balaban J connectivity index is 2.21. The number of nitrogens with zero attached hydrogens (tertiary/aromatic N) is 1. The molecule has 0 aliphatic heterocycles. The number of hydrogen-bond donors (Lipinski definition) is 1. The fraction of sp³-hybridized carbons (Fsp3) is 0.429. The summed E-state index contributed by atoms with van der Waals surface area (Å²) < 4.78 is 5.83. The van der Waals surface area contributed by atoms with E-state index < -0.39 is 0 Å². The van der Waals surface area contributed by atoms with Gasteiger partial charge in [-0.3, -0.25) is 0 Å². The second-order valence-corrected chi connectivity index (χ2v) is 6.45. The fourth-order valence-electron chi connectivity index (χ4n) is 1.94. The molecule has 4 nitrogen and oxygen atoms in total. The van der Waals surface area contributed by atoms with Gasteiger partial charge < -0.3 is 10.1 Å². The number of carbonyl (C=O) groups excluding carboxylic acids is 1. The molecule has 1 atom stereocenters. The highest BCUT2D eigenvalue weighted by Crippen LogP contribution is 2.29. The van der Waals surface area contributed by atoms with Gasteiger partial charge in [-0.2, -0.15) is 0 Å². The third-order valence-electron chi connectivity index (χ3n) is 2.84. The predicted octanol–water partition coefficient (Wildman–Crippen LogP) is 3.95. The first kappa shape index (κ1) is 15.1. The summed E-state index contributed by atoms with van der Waals surface area (Å²) >= 11 is 7.44. The molecule has 2 rings (SSSR count). The summed E-state index contributed by atoms with van der Waals surface area (Å²) in [5.74, 6) is 0.117. The van der Waals surface area contributed by atoms with Gasteiger partial charge in [0.1, 0.15) is 6.04 Å². The van der Waals surface area contributed by atoms with Crippen LogP contribution in [0.15, 0.2) is 18.2 Å². The van der Waals surface area contributed by atoms with Gasteiger partial charge in [0, 0.05) is 5.02 Å². The Morgan fingerprint density at radius 3 is 2.90 bits per heavy atom. The Morgan fingerprint density at radius 1 is 1.50 bits per heavy atom. The summed E-state index contributed by atoms with van der Waals surface area (Å²) in [5.41, 5.74) is 0.870. The summed E-state index contributed by atoms with van der Waals surface area (Å²) in [6, 6.07) is 5.17. The fourth-order valence-corrected chi connectivity index (χ4v) is 3.13. The van der Waals surface area contributed by atoms with Crippen molar-refractivity contribution in [1.82, 2.24) is 4.98 Å². The number of rotatable bonds is 5. The van der Waals surface area contributed by atoms with Crippen molar-refractivity contribution in [2.24, 2.45) is 5.92 Å². The van der Waals surface area contributed by atoms with Gasteiger partial charge in [0.25, 0.3) is 0 Å². The molecule has 0 amide bonds. The molecule has 1 unspecified atom stereocenters. The summed E-state index contributed by atoms with van der Waals surface area (Å²) in [7, 11) is 1.40. The minimum atomic E-state index is -0.379. The number of nitrogens with one attached hydrogen (secondary N) is 1. The Hall–Kier alpha value is -1.33. The molecule has 0 saturated carbocycles. The number of anilines is 1. The summed E-state index contributed by atoms with van der Waals surface area (Å²) in [6.07, 6.45) is 0.698. The van der Waals surface area contributed by atoms with Crippen LogP contribution in [-0.4, -0.2) is 24.1 Å². The van der Waals surface area contributed by atoms with Crippen LogP contribution in [0.2, 0.25) is 5.02 Å². The normalized spacial score (nSPS) is 12.7. The van der Waals surface area contributed by atoms with Crippen LogP contribution >= 0.6 is 22.9 Å². The Morgan fingerprint density at radius 2 is 2.25 bits per heavy atom. The van der Waals surface area contributed by atoms with Crippen LogP contribution in [0, 0.1) is 5.92 Å². The van der Waals surface area contributed by atoms with Crippen LogP contribution in [0.4, 0.5) is 5.13 Å². The number of halogens is 1. The van der Waals surface area contributed by atoms with E-state index in [-0.39, 0.29) is 12.0 Å². The molecule has 0 fully saturated rings. The highest BCUT2D eigenvalue weighted by atomic mass is 35.5. The minimum Gasteiger partial charge on any atom is -0.467 e. The number of methoxy groups -OCH3 is 1. The number of ether oxygens (including phenoxy) is 1. The number of fused-ring (bicyclic) bond motifs is 1. The van der Waals surface area contributed by atoms with Gasteiger partial charge in [0.2, 0.25) is 0 Å². The highest BCUT2D eigenvalue weighted by Gasteiger charge is 2.21. The van der Waals surface area contributed by atoms with Crippen molar-refractivity contribution in [3.05, 3.63) is 23.2 Å². The lowest BCUT2D eigenvalue weighted by molar-refractivity contribution is -0.141. The van der Waals surface area contributed by atoms with Crippen LogP contribution in [-0.2, 0) is 9.53 Å². The summed E-state index contributed by atoms with van der Waals surface area (Å²) in [5, 5.41) is 4.55. The highest BCUT2D eigenvalue weighted by molar-refractivity contribution is 7.22. The molecule has 1 aromatic carbocycles. The molecule has 0 aliphatic rings. The van der Waals surface area contributed by atoms with Gasteiger partial charge in [-0.05, 0) is 30.5 Å². The molecule has 1 heterocycles. The van der Waals surface area contributed by atoms with E-state index in [9.17, 15) is 4.79 Å². The van der Waals surface area contributed by atoms with Crippen LogP contribution in [0.1, 0.15) is 20.3 Å². The molecular formula is C14H17ClN2O2S. The van der Waals surface area contributed by atoms with Crippen LogP contribution in [0.3, 0.4) is 0 Å². The topological polar surface area (TPSA) is 51.2 Å². The zero-order valence-corrected chi connectivity index (χ0v) is 13.2. The molecule has 108 valence electrons. The second-order valence-electron chi connectivity index (χ2n) is 4.98.